The van der Waals surface area contributed by atoms with Crippen LogP contribution in [0.5, 0.6) is 0 Å². The van der Waals surface area contributed by atoms with Gasteiger partial charge in [-0.25, -0.2) is 17.9 Å². The molecule has 38 heavy (non-hydrogen) atoms. The number of nitrogens with one attached hydrogen (secondary N) is 2. The predicted molar refractivity (Wildman–Crippen MR) is 149 cm³/mol. The summed E-state index contributed by atoms with van der Waals surface area (Å²) in [5.41, 5.74) is 0.436. The van der Waals surface area contributed by atoms with Crippen molar-refractivity contribution >= 4 is 16.1 Å². The third kappa shape index (κ3) is 4.93. The molecule has 4 N–H and O–H groups in total. The van der Waals surface area contributed by atoms with Crippen molar-refractivity contribution in [1.29, 1.82) is 0 Å². The minimum Gasteiger partial charge on any atom is -0.393 e. The van der Waals surface area contributed by atoms with Crippen molar-refractivity contribution in [3.63, 3.8) is 0 Å². The molecule has 0 aliphatic heterocycles. The Labute approximate surface area is 230 Å². The van der Waals surface area contributed by atoms with E-state index in [2.05, 4.69) is 30.8 Å². The van der Waals surface area contributed by atoms with E-state index >= 15 is 0 Å². The number of rotatable bonds is 7. The van der Waals surface area contributed by atoms with Gasteiger partial charge >= 0.3 is 6.03 Å². The van der Waals surface area contributed by atoms with Crippen molar-refractivity contribution < 1.29 is 23.4 Å². The summed E-state index contributed by atoms with van der Waals surface area (Å²) in [5.74, 6) is 2.70. The highest BCUT2D eigenvalue weighted by Crippen LogP contribution is 2.69. The Morgan fingerprint density at radius 1 is 0.921 bits per heavy atom. The number of sulfonamides is 1. The second-order valence-corrected chi connectivity index (χ2v) is 16.1. The highest BCUT2D eigenvalue weighted by molar-refractivity contribution is 7.90. The summed E-state index contributed by atoms with van der Waals surface area (Å²) >= 11 is 0. The van der Waals surface area contributed by atoms with E-state index in [1.165, 1.54) is 25.7 Å². The van der Waals surface area contributed by atoms with Crippen LogP contribution in [-0.2, 0) is 10.0 Å². The maximum absolute atomic E-state index is 12.4. The van der Waals surface area contributed by atoms with E-state index in [-0.39, 0.29) is 29.0 Å². The van der Waals surface area contributed by atoms with Crippen LogP contribution in [0.2, 0.25) is 0 Å². The largest absolute Gasteiger partial charge is 0.393 e. The second-order valence-electron chi connectivity index (χ2n) is 14.2. The molecule has 5 aliphatic rings. The summed E-state index contributed by atoms with van der Waals surface area (Å²) in [4.78, 5) is 12.3. The first-order valence-electron chi connectivity index (χ1n) is 15.7. The molecule has 2 amide bonds. The molecular formula is C30H52N2O5S. The predicted octanol–water partition coefficient (Wildman–Crippen LogP) is 4.96. The maximum Gasteiger partial charge on any atom is 0.328 e. The van der Waals surface area contributed by atoms with Crippen LogP contribution in [0.3, 0.4) is 0 Å². The zero-order valence-corrected chi connectivity index (χ0v) is 24.6. The number of aliphatic hydroxyl groups is 2. The van der Waals surface area contributed by atoms with Crippen LogP contribution in [0.1, 0.15) is 111 Å². The summed E-state index contributed by atoms with van der Waals surface area (Å²) in [7, 11) is -3.58. The molecule has 7 nitrogen and oxygen atoms in total. The zero-order valence-electron chi connectivity index (χ0n) is 23.8. The molecule has 0 spiro atoms. The average molecular weight is 553 g/mol. The van der Waals surface area contributed by atoms with Crippen LogP contribution < -0.4 is 10.0 Å². The molecule has 0 bridgehead atoms. The zero-order chi connectivity index (χ0) is 27.3. The molecule has 8 heteroatoms. The van der Waals surface area contributed by atoms with Gasteiger partial charge in [0.1, 0.15) is 0 Å². The number of carbonyl (C=O) groups is 1. The molecule has 5 saturated carbocycles. The molecule has 10 atom stereocenters. The number of urea groups is 1. The van der Waals surface area contributed by atoms with Crippen LogP contribution >= 0.6 is 0 Å². The number of hydrogen-bond donors (Lipinski definition) is 4. The SMILES string of the molecule is CC[C@H]1[C@@H](O)[C@@H]2[C@H](CC[C@]3(C)[C@@H](CCCNC(=O)NS(=O)(=O)C4CCCC4)CC[C@@H]23)[C@@]2(C)CC[C@@H](O)C[C@@H]12. The standard InChI is InChI=1S/C30H52N2O5S/c1-4-22-25-18-20(33)13-15-30(25,3)24-14-16-29(2)19(11-12-23(29)26(24)27(22)34)8-7-17-31-28(35)32-38(36,37)21-9-5-6-10-21/h19-27,33-34H,4-18H2,1-3H3,(H2,31,32,35)/t19-,20+,22+,23-,24-,25-,26-,27+,29+,30+/m0/s1. The normalized spacial score (nSPS) is 45.2. The lowest BCUT2D eigenvalue weighted by molar-refractivity contribution is -0.202. The number of hydrogen-bond acceptors (Lipinski definition) is 5. The molecule has 5 aliphatic carbocycles. The Morgan fingerprint density at radius 3 is 2.32 bits per heavy atom. The van der Waals surface area contributed by atoms with Gasteiger partial charge in [0.25, 0.3) is 0 Å². The Morgan fingerprint density at radius 2 is 1.61 bits per heavy atom. The molecule has 0 aromatic heterocycles. The number of amides is 2. The fourth-order valence-electron chi connectivity index (χ4n) is 10.5. The summed E-state index contributed by atoms with van der Waals surface area (Å²) in [6.45, 7) is 7.65. The number of carbonyl (C=O) groups excluding carboxylic acids is 1. The van der Waals surface area contributed by atoms with Gasteiger partial charge in [0, 0.05) is 6.54 Å². The van der Waals surface area contributed by atoms with Gasteiger partial charge in [0.15, 0.2) is 0 Å². The highest BCUT2D eigenvalue weighted by Gasteiger charge is 2.64. The van der Waals surface area contributed by atoms with Crippen LogP contribution in [0.15, 0.2) is 0 Å². The van der Waals surface area contributed by atoms with E-state index in [4.69, 9.17) is 0 Å². The molecule has 5 fully saturated rings. The summed E-state index contributed by atoms with van der Waals surface area (Å²) in [6.07, 6.45) is 13.0. The van der Waals surface area contributed by atoms with E-state index in [1.807, 2.05) is 0 Å². The van der Waals surface area contributed by atoms with Crippen LogP contribution in [0.25, 0.3) is 0 Å². The molecule has 5 rings (SSSR count). The Kier molecular flexibility index (Phi) is 8.18. The van der Waals surface area contributed by atoms with Crippen molar-refractivity contribution in [2.45, 2.75) is 128 Å². The topological polar surface area (TPSA) is 116 Å². The lowest BCUT2D eigenvalue weighted by Crippen LogP contribution is -2.62. The van der Waals surface area contributed by atoms with Crippen molar-refractivity contribution in [2.24, 2.45) is 46.3 Å². The van der Waals surface area contributed by atoms with Gasteiger partial charge in [0.2, 0.25) is 10.0 Å². The van der Waals surface area contributed by atoms with Gasteiger partial charge < -0.3 is 15.5 Å². The summed E-state index contributed by atoms with van der Waals surface area (Å²) in [5, 5.41) is 24.7. The average Bonchev–Trinajstić information content (AvgIpc) is 3.52. The molecule has 0 unspecified atom stereocenters. The third-order valence-corrected chi connectivity index (χ3v) is 14.4. The van der Waals surface area contributed by atoms with Crippen LogP contribution in [0, 0.1) is 46.3 Å². The Bertz CT molecular complexity index is 968. The van der Waals surface area contributed by atoms with Gasteiger partial charge in [-0.3, -0.25) is 0 Å². The van der Waals surface area contributed by atoms with Gasteiger partial charge in [0.05, 0.1) is 17.5 Å². The van der Waals surface area contributed by atoms with Gasteiger partial charge in [-0.05, 0) is 117 Å². The molecule has 0 heterocycles. The molecular weight excluding hydrogens is 500 g/mol. The van der Waals surface area contributed by atoms with E-state index in [9.17, 15) is 23.4 Å². The van der Waals surface area contributed by atoms with Crippen LogP contribution in [0.4, 0.5) is 4.79 Å². The van der Waals surface area contributed by atoms with E-state index in [0.717, 1.165) is 51.4 Å². The highest BCUT2D eigenvalue weighted by atomic mass is 32.2. The fourth-order valence-corrected chi connectivity index (χ4v) is 12.0. The Hall–Kier alpha value is -0.860. The maximum atomic E-state index is 12.4. The first kappa shape index (κ1) is 28.7. The molecule has 218 valence electrons. The molecule has 0 saturated heterocycles. The smallest absolute Gasteiger partial charge is 0.328 e. The van der Waals surface area contributed by atoms with Gasteiger partial charge in [-0.15, -0.1) is 0 Å². The minimum absolute atomic E-state index is 0.214. The van der Waals surface area contributed by atoms with Crippen molar-refractivity contribution in [3.8, 4) is 0 Å². The summed E-state index contributed by atoms with van der Waals surface area (Å²) < 4.78 is 27.0. The summed E-state index contributed by atoms with van der Waals surface area (Å²) in [6, 6.07) is -0.593. The quantitative estimate of drug-likeness (QED) is 0.333. The number of fused-ring (bicyclic) bond motifs is 5. The van der Waals surface area contributed by atoms with Crippen LogP contribution in [-0.4, -0.2) is 48.7 Å². The van der Waals surface area contributed by atoms with E-state index in [1.54, 1.807) is 0 Å². The van der Waals surface area contributed by atoms with Crippen molar-refractivity contribution in [1.82, 2.24) is 10.0 Å². The lowest BCUT2D eigenvalue weighted by Gasteiger charge is -2.64. The molecule has 0 aromatic rings. The van der Waals surface area contributed by atoms with Crippen molar-refractivity contribution in [2.75, 3.05) is 6.54 Å². The van der Waals surface area contributed by atoms with E-state index in [0.29, 0.717) is 49.0 Å². The van der Waals surface area contributed by atoms with Gasteiger partial charge in [-0.1, -0.05) is 40.0 Å². The first-order valence-corrected chi connectivity index (χ1v) is 17.2. The first-order chi connectivity index (χ1) is 18.0. The second kappa shape index (κ2) is 10.8. The fraction of sp³-hybridized carbons (Fsp3) is 0.967. The molecule has 0 radical (unpaired) electrons. The minimum atomic E-state index is -3.58. The van der Waals surface area contributed by atoms with Gasteiger partial charge in [-0.2, -0.15) is 0 Å². The third-order valence-electron chi connectivity index (χ3n) is 12.6. The number of aliphatic hydroxyl groups excluding tert-OH is 2. The Balaban J connectivity index is 1.18. The van der Waals surface area contributed by atoms with Crippen molar-refractivity contribution in [3.05, 3.63) is 0 Å². The lowest BCUT2D eigenvalue weighted by atomic mass is 9.41. The monoisotopic (exact) mass is 552 g/mol. The molecule has 0 aromatic carbocycles. The van der Waals surface area contributed by atoms with E-state index < -0.39 is 21.3 Å².